The molecule has 4 rings (SSSR count). The van der Waals surface area contributed by atoms with Crippen LogP contribution in [-0.2, 0) is 7.05 Å². The first-order chi connectivity index (χ1) is 12.1. The average Bonchev–Trinajstić information content (AvgIpc) is 3.25. The molecule has 0 bridgehead atoms. The fourth-order valence-corrected chi connectivity index (χ4v) is 3.15. The van der Waals surface area contributed by atoms with Crippen LogP contribution in [0, 0.1) is 0 Å². The number of nitrogens with zero attached hydrogens (tertiary/aromatic N) is 7. The summed E-state index contributed by atoms with van der Waals surface area (Å²) in [5.41, 5.74) is 3.73. The van der Waals surface area contributed by atoms with Crippen LogP contribution >= 0.6 is 0 Å². The summed E-state index contributed by atoms with van der Waals surface area (Å²) in [6.45, 7) is 4.35. The number of aromatic nitrogens is 8. The van der Waals surface area contributed by atoms with Crippen molar-refractivity contribution >= 4 is 22.1 Å². The van der Waals surface area contributed by atoms with Gasteiger partial charge in [0.2, 0.25) is 0 Å². The van der Waals surface area contributed by atoms with Gasteiger partial charge in [-0.1, -0.05) is 13.8 Å². The molecule has 0 fully saturated rings. The fraction of sp³-hybridized carbons (Fsp3) is 0.412. The third-order valence-electron chi connectivity index (χ3n) is 4.71. The van der Waals surface area contributed by atoms with Gasteiger partial charge in [0, 0.05) is 25.1 Å². The molecule has 0 aliphatic carbocycles. The summed E-state index contributed by atoms with van der Waals surface area (Å²) in [4.78, 5) is 17.8. The Labute approximate surface area is 144 Å². The third kappa shape index (κ3) is 2.84. The van der Waals surface area contributed by atoms with Crippen LogP contribution in [-0.4, -0.2) is 39.9 Å². The highest BCUT2D eigenvalue weighted by molar-refractivity contribution is 5.76. The first kappa shape index (κ1) is 15.6. The molecule has 4 aromatic rings. The molecule has 0 saturated heterocycles. The quantitative estimate of drug-likeness (QED) is 0.602. The van der Waals surface area contributed by atoms with E-state index in [0.717, 1.165) is 46.4 Å². The van der Waals surface area contributed by atoms with Crippen molar-refractivity contribution in [3.8, 4) is 0 Å². The molecule has 0 spiro atoms. The van der Waals surface area contributed by atoms with Gasteiger partial charge >= 0.3 is 0 Å². The summed E-state index contributed by atoms with van der Waals surface area (Å²) in [6, 6.07) is 0. The molecule has 2 atom stereocenters. The molecule has 0 amide bonds. The molecule has 2 unspecified atom stereocenters. The van der Waals surface area contributed by atoms with Crippen LogP contribution in [0.4, 0.5) is 0 Å². The van der Waals surface area contributed by atoms with E-state index in [0.29, 0.717) is 5.92 Å². The maximum absolute atomic E-state index is 4.57. The lowest BCUT2D eigenvalue weighted by Gasteiger charge is -2.15. The molecule has 4 aromatic heterocycles. The second-order valence-corrected chi connectivity index (χ2v) is 6.54. The Kier molecular flexibility index (Phi) is 3.87. The number of fused-ring (bicyclic) bond motifs is 2. The van der Waals surface area contributed by atoms with Crippen molar-refractivity contribution in [3.63, 3.8) is 0 Å². The standard InChI is InChI=1S/C17H20N8/c1-10(14-15-13(19-9-20-14)8-22-25(15)3)4-5-11(2)16-18-6-12-7-21-24-17(12)23-16/h6-11H,4-5H2,1-3H3,(H,18,21,23,24). The number of rotatable bonds is 5. The lowest BCUT2D eigenvalue weighted by molar-refractivity contribution is 0.549. The monoisotopic (exact) mass is 336 g/mol. The van der Waals surface area contributed by atoms with E-state index in [1.807, 2.05) is 17.9 Å². The zero-order valence-corrected chi connectivity index (χ0v) is 14.5. The number of hydrogen-bond donors (Lipinski definition) is 1. The molecular weight excluding hydrogens is 316 g/mol. The second-order valence-electron chi connectivity index (χ2n) is 6.54. The minimum absolute atomic E-state index is 0.263. The molecule has 0 radical (unpaired) electrons. The van der Waals surface area contributed by atoms with Gasteiger partial charge in [0.05, 0.1) is 23.5 Å². The SMILES string of the molecule is CC(CCC(C)c1ncnc2cnn(C)c12)c1ncc2cn[nH]c2n1. The van der Waals surface area contributed by atoms with Gasteiger partial charge in [0.25, 0.3) is 0 Å². The van der Waals surface area contributed by atoms with Gasteiger partial charge in [-0.3, -0.25) is 9.78 Å². The van der Waals surface area contributed by atoms with Crippen molar-refractivity contribution in [2.75, 3.05) is 0 Å². The van der Waals surface area contributed by atoms with Crippen LogP contribution in [0.15, 0.2) is 24.9 Å². The van der Waals surface area contributed by atoms with Crippen LogP contribution in [0.3, 0.4) is 0 Å². The number of aromatic amines is 1. The van der Waals surface area contributed by atoms with E-state index in [9.17, 15) is 0 Å². The molecule has 4 heterocycles. The predicted molar refractivity (Wildman–Crippen MR) is 94.1 cm³/mol. The lowest BCUT2D eigenvalue weighted by atomic mass is 9.94. The molecule has 0 aliphatic heterocycles. The zero-order valence-electron chi connectivity index (χ0n) is 14.5. The maximum atomic E-state index is 4.57. The summed E-state index contributed by atoms with van der Waals surface area (Å²) in [5, 5.41) is 12.1. The maximum Gasteiger partial charge on any atom is 0.158 e. The number of aryl methyl sites for hydroxylation is 1. The van der Waals surface area contributed by atoms with E-state index in [-0.39, 0.29) is 5.92 Å². The molecule has 8 nitrogen and oxygen atoms in total. The van der Waals surface area contributed by atoms with Crippen LogP contribution in [0.5, 0.6) is 0 Å². The highest BCUT2D eigenvalue weighted by Gasteiger charge is 2.18. The Balaban J connectivity index is 1.50. The topological polar surface area (TPSA) is 98.1 Å². The van der Waals surface area contributed by atoms with Crippen molar-refractivity contribution < 1.29 is 0 Å². The van der Waals surface area contributed by atoms with Crippen molar-refractivity contribution in [3.05, 3.63) is 36.4 Å². The average molecular weight is 336 g/mol. The van der Waals surface area contributed by atoms with E-state index < -0.39 is 0 Å². The van der Waals surface area contributed by atoms with E-state index >= 15 is 0 Å². The Hall–Kier alpha value is -2.90. The minimum atomic E-state index is 0.263. The summed E-state index contributed by atoms with van der Waals surface area (Å²) >= 11 is 0. The zero-order chi connectivity index (χ0) is 17.4. The predicted octanol–water partition coefficient (Wildman–Crippen LogP) is 2.72. The summed E-state index contributed by atoms with van der Waals surface area (Å²) in [5.74, 6) is 1.41. The fourth-order valence-electron chi connectivity index (χ4n) is 3.15. The smallest absolute Gasteiger partial charge is 0.158 e. The van der Waals surface area contributed by atoms with Gasteiger partial charge in [-0.25, -0.2) is 19.9 Å². The Morgan fingerprint density at radius 1 is 1.04 bits per heavy atom. The van der Waals surface area contributed by atoms with Gasteiger partial charge < -0.3 is 0 Å². The first-order valence-corrected chi connectivity index (χ1v) is 8.42. The molecule has 0 saturated carbocycles. The number of H-pyrrole nitrogens is 1. The van der Waals surface area contributed by atoms with Gasteiger partial charge in [-0.05, 0) is 12.8 Å². The number of hydrogen-bond acceptors (Lipinski definition) is 6. The Bertz CT molecular complexity index is 1020. The van der Waals surface area contributed by atoms with Crippen LogP contribution in [0.25, 0.3) is 22.1 Å². The van der Waals surface area contributed by atoms with E-state index in [2.05, 4.69) is 49.1 Å². The largest absolute Gasteiger partial charge is 0.264 e. The van der Waals surface area contributed by atoms with Crippen molar-refractivity contribution in [1.29, 1.82) is 0 Å². The van der Waals surface area contributed by atoms with E-state index in [4.69, 9.17) is 0 Å². The van der Waals surface area contributed by atoms with E-state index in [1.165, 1.54) is 0 Å². The molecule has 0 aromatic carbocycles. The molecule has 0 aliphatic rings. The molecule has 25 heavy (non-hydrogen) atoms. The highest BCUT2D eigenvalue weighted by Crippen LogP contribution is 2.28. The molecule has 128 valence electrons. The van der Waals surface area contributed by atoms with Crippen molar-refractivity contribution in [2.24, 2.45) is 7.05 Å². The van der Waals surface area contributed by atoms with Crippen LogP contribution < -0.4 is 0 Å². The lowest BCUT2D eigenvalue weighted by Crippen LogP contribution is -2.06. The Morgan fingerprint density at radius 2 is 1.88 bits per heavy atom. The highest BCUT2D eigenvalue weighted by atomic mass is 15.3. The molecule has 8 heteroatoms. The van der Waals surface area contributed by atoms with Gasteiger partial charge in [-0.15, -0.1) is 0 Å². The third-order valence-corrected chi connectivity index (χ3v) is 4.71. The Morgan fingerprint density at radius 3 is 2.76 bits per heavy atom. The van der Waals surface area contributed by atoms with Crippen LogP contribution in [0.2, 0.25) is 0 Å². The summed E-state index contributed by atoms with van der Waals surface area (Å²) < 4.78 is 1.85. The van der Waals surface area contributed by atoms with Gasteiger partial charge in [-0.2, -0.15) is 10.2 Å². The van der Waals surface area contributed by atoms with Crippen LogP contribution in [0.1, 0.15) is 50.0 Å². The molecular formula is C17H20N8. The summed E-state index contributed by atoms with van der Waals surface area (Å²) in [6.07, 6.45) is 8.93. The van der Waals surface area contributed by atoms with Crippen molar-refractivity contribution in [1.82, 2.24) is 39.9 Å². The van der Waals surface area contributed by atoms with Gasteiger partial charge in [0.15, 0.2) is 5.65 Å². The molecule has 1 N–H and O–H groups in total. The van der Waals surface area contributed by atoms with Gasteiger partial charge in [0.1, 0.15) is 23.2 Å². The first-order valence-electron chi connectivity index (χ1n) is 8.42. The summed E-state index contributed by atoms with van der Waals surface area (Å²) in [7, 11) is 1.93. The minimum Gasteiger partial charge on any atom is -0.264 e. The van der Waals surface area contributed by atoms with Crippen molar-refractivity contribution in [2.45, 2.75) is 38.5 Å². The second kappa shape index (κ2) is 6.19. The normalized spacial score (nSPS) is 14.2. The van der Waals surface area contributed by atoms with E-state index in [1.54, 1.807) is 18.7 Å². The number of nitrogens with one attached hydrogen (secondary N) is 1.